The van der Waals surface area contributed by atoms with Gasteiger partial charge in [-0.05, 0) is 59.0 Å². The SMILES string of the molecule is COc1ccc(C2=C(C(=O)O)C(c3ccc(C(C)(C)C)cc3O[SiH](C)C)c3ccccc32)cc1. The maximum atomic E-state index is 12.8. The minimum Gasteiger partial charge on any atom is -0.547 e. The number of hydrogen-bond acceptors (Lipinski definition) is 3. The first-order valence-corrected chi connectivity index (χ1v) is 14.4. The van der Waals surface area contributed by atoms with E-state index in [0.717, 1.165) is 39.3 Å². The number of aliphatic carboxylic acids is 1. The Balaban J connectivity index is 1.98. The van der Waals surface area contributed by atoms with Gasteiger partial charge in [0, 0.05) is 17.1 Å². The fourth-order valence-corrected chi connectivity index (χ4v) is 5.35. The van der Waals surface area contributed by atoms with E-state index >= 15 is 0 Å². The highest BCUT2D eigenvalue weighted by Gasteiger charge is 2.38. The summed E-state index contributed by atoms with van der Waals surface area (Å²) in [6, 6.07) is 21.9. The Labute approximate surface area is 203 Å². The van der Waals surface area contributed by atoms with E-state index in [1.54, 1.807) is 7.11 Å². The summed E-state index contributed by atoms with van der Waals surface area (Å²) in [4.78, 5) is 12.8. The number of benzene rings is 3. The molecule has 0 radical (unpaired) electrons. The normalized spacial score (nSPS) is 15.4. The minimum atomic E-state index is -1.44. The lowest BCUT2D eigenvalue weighted by Gasteiger charge is -2.25. The van der Waals surface area contributed by atoms with Crippen molar-refractivity contribution in [1.29, 1.82) is 0 Å². The molecule has 3 aromatic rings. The zero-order chi connectivity index (χ0) is 24.6. The van der Waals surface area contributed by atoms with Gasteiger partial charge in [0.05, 0.1) is 12.7 Å². The second-order valence-corrected chi connectivity index (χ2v) is 12.3. The highest BCUT2D eigenvalue weighted by Crippen LogP contribution is 2.50. The van der Waals surface area contributed by atoms with Crippen molar-refractivity contribution in [1.82, 2.24) is 0 Å². The van der Waals surface area contributed by atoms with Crippen LogP contribution in [-0.4, -0.2) is 27.2 Å². The van der Waals surface area contributed by atoms with Gasteiger partial charge in [0.1, 0.15) is 11.5 Å². The maximum absolute atomic E-state index is 12.8. The summed E-state index contributed by atoms with van der Waals surface area (Å²) in [6.07, 6.45) is 0. The number of hydrogen-bond donors (Lipinski definition) is 1. The van der Waals surface area contributed by atoms with Crippen molar-refractivity contribution in [3.05, 3.63) is 100 Å². The monoisotopic (exact) mass is 472 g/mol. The quantitative estimate of drug-likeness (QED) is 0.423. The lowest BCUT2D eigenvalue weighted by molar-refractivity contribution is -0.132. The molecule has 1 aliphatic rings. The molecule has 0 amide bonds. The summed E-state index contributed by atoms with van der Waals surface area (Å²) in [6.45, 7) is 10.8. The van der Waals surface area contributed by atoms with Gasteiger partial charge < -0.3 is 14.3 Å². The molecule has 4 rings (SSSR count). The Morgan fingerprint density at radius 2 is 1.62 bits per heavy atom. The third kappa shape index (κ3) is 4.40. The predicted molar refractivity (Wildman–Crippen MR) is 140 cm³/mol. The molecular weight excluding hydrogens is 440 g/mol. The van der Waals surface area contributed by atoms with Crippen LogP contribution in [0.5, 0.6) is 11.5 Å². The Morgan fingerprint density at radius 1 is 0.941 bits per heavy atom. The molecule has 0 fully saturated rings. The molecule has 3 aromatic carbocycles. The predicted octanol–water partition coefficient (Wildman–Crippen LogP) is 6.39. The first-order chi connectivity index (χ1) is 16.1. The second-order valence-electron chi connectivity index (χ2n) is 10.0. The molecule has 0 aliphatic heterocycles. The maximum Gasteiger partial charge on any atom is 0.333 e. The van der Waals surface area contributed by atoms with Crippen LogP contribution in [-0.2, 0) is 10.2 Å². The summed E-state index contributed by atoms with van der Waals surface area (Å²) < 4.78 is 11.7. The van der Waals surface area contributed by atoms with Crippen LogP contribution in [0.25, 0.3) is 5.57 Å². The second kappa shape index (κ2) is 9.14. The van der Waals surface area contributed by atoms with Crippen LogP contribution in [0, 0.1) is 0 Å². The van der Waals surface area contributed by atoms with Gasteiger partial charge in [0.2, 0.25) is 9.04 Å². The van der Waals surface area contributed by atoms with E-state index in [-0.39, 0.29) is 5.41 Å². The molecule has 0 heterocycles. The van der Waals surface area contributed by atoms with Crippen LogP contribution in [0.4, 0.5) is 0 Å². The van der Waals surface area contributed by atoms with Gasteiger partial charge in [-0.2, -0.15) is 0 Å². The lowest BCUT2D eigenvalue weighted by Crippen LogP contribution is -2.18. The third-order valence-electron chi connectivity index (χ3n) is 6.26. The van der Waals surface area contributed by atoms with Gasteiger partial charge in [0.15, 0.2) is 0 Å². The molecule has 0 saturated heterocycles. The third-order valence-corrected chi connectivity index (χ3v) is 6.99. The summed E-state index contributed by atoms with van der Waals surface area (Å²) in [7, 11) is 0.188. The van der Waals surface area contributed by atoms with Crippen LogP contribution in [0.2, 0.25) is 13.1 Å². The van der Waals surface area contributed by atoms with Crippen molar-refractivity contribution < 1.29 is 19.1 Å². The van der Waals surface area contributed by atoms with Crippen LogP contribution in [0.15, 0.2) is 72.3 Å². The minimum absolute atomic E-state index is 0.0392. The molecule has 1 N–H and O–H groups in total. The van der Waals surface area contributed by atoms with Crippen LogP contribution in [0.1, 0.15) is 54.5 Å². The molecule has 0 spiro atoms. The molecule has 1 unspecified atom stereocenters. The smallest absolute Gasteiger partial charge is 0.333 e. The summed E-state index contributed by atoms with van der Waals surface area (Å²) >= 11 is 0. The molecule has 0 bridgehead atoms. The van der Waals surface area contributed by atoms with E-state index in [4.69, 9.17) is 9.16 Å². The standard InChI is InChI=1S/C29H32O4Si/c1-29(2,3)19-13-16-23(24(17-19)33-34(5)6)26-22-10-8-7-9-21(22)25(27(26)28(30)31)18-11-14-20(32-4)15-12-18/h7-17,26,34H,1-6H3,(H,30,31). The summed E-state index contributed by atoms with van der Waals surface area (Å²) in [5, 5.41) is 10.5. The van der Waals surface area contributed by atoms with E-state index in [0.29, 0.717) is 5.57 Å². The fraction of sp³-hybridized carbons (Fsp3) is 0.276. The number of rotatable bonds is 6. The van der Waals surface area contributed by atoms with Gasteiger partial charge >= 0.3 is 5.97 Å². The Hall–Kier alpha value is -3.31. The van der Waals surface area contributed by atoms with Crippen molar-refractivity contribution in [2.24, 2.45) is 0 Å². The van der Waals surface area contributed by atoms with Gasteiger partial charge in [-0.25, -0.2) is 4.79 Å². The van der Waals surface area contributed by atoms with Crippen molar-refractivity contribution in [3.63, 3.8) is 0 Å². The van der Waals surface area contributed by atoms with E-state index in [9.17, 15) is 9.90 Å². The lowest BCUT2D eigenvalue weighted by atomic mass is 9.82. The average Bonchev–Trinajstić information content (AvgIpc) is 3.13. The van der Waals surface area contributed by atoms with Crippen molar-refractivity contribution >= 4 is 20.6 Å². The highest BCUT2D eigenvalue weighted by molar-refractivity contribution is 6.49. The first-order valence-electron chi connectivity index (χ1n) is 11.6. The molecule has 5 heteroatoms. The molecule has 0 saturated carbocycles. The number of carboxylic acids is 1. The van der Waals surface area contributed by atoms with E-state index in [2.05, 4.69) is 52.1 Å². The molecule has 1 atom stereocenters. The topological polar surface area (TPSA) is 55.8 Å². The zero-order valence-corrected chi connectivity index (χ0v) is 21.8. The average molecular weight is 473 g/mol. The number of fused-ring (bicyclic) bond motifs is 1. The Morgan fingerprint density at radius 3 is 2.21 bits per heavy atom. The van der Waals surface area contributed by atoms with Gasteiger partial charge in [-0.3, -0.25) is 0 Å². The van der Waals surface area contributed by atoms with Crippen molar-refractivity contribution in [3.8, 4) is 11.5 Å². The number of carboxylic acid groups (broad SMARTS) is 1. The Kier molecular flexibility index (Phi) is 6.41. The molecule has 176 valence electrons. The van der Waals surface area contributed by atoms with E-state index in [1.165, 1.54) is 5.56 Å². The fourth-order valence-electron chi connectivity index (χ4n) is 4.64. The van der Waals surface area contributed by atoms with Gasteiger partial charge in [0.25, 0.3) is 0 Å². The van der Waals surface area contributed by atoms with Gasteiger partial charge in [-0.15, -0.1) is 0 Å². The van der Waals surface area contributed by atoms with Crippen LogP contribution >= 0.6 is 0 Å². The molecule has 1 aliphatic carbocycles. The van der Waals surface area contributed by atoms with Crippen molar-refractivity contribution in [2.45, 2.75) is 45.2 Å². The first kappa shape index (κ1) is 23.8. The molecule has 34 heavy (non-hydrogen) atoms. The largest absolute Gasteiger partial charge is 0.547 e. The molecule has 0 aromatic heterocycles. The Bertz CT molecular complexity index is 1250. The van der Waals surface area contributed by atoms with E-state index in [1.807, 2.05) is 48.5 Å². The summed E-state index contributed by atoms with van der Waals surface area (Å²) in [5.74, 6) is 0.199. The van der Waals surface area contributed by atoms with E-state index < -0.39 is 20.9 Å². The number of ether oxygens (including phenoxy) is 1. The number of methoxy groups -OCH3 is 1. The van der Waals surface area contributed by atoms with Crippen molar-refractivity contribution in [2.75, 3.05) is 7.11 Å². The number of carbonyl (C=O) groups is 1. The van der Waals surface area contributed by atoms with Crippen LogP contribution in [0.3, 0.4) is 0 Å². The molecule has 4 nitrogen and oxygen atoms in total. The van der Waals surface area contributed by atoms with Gasteiger partial charge in [-0.1, -0.05) is 69.3 Å². The zero-order valence-electron chi connectivity index (χ0n) is 20.7. The summed E-state index contributed by atoms with van der Waals surface area (Å²) in [5.41, 5.74) is 5.97. The molecular formula is C29H32O4Si. The van der Waals surface area contributed by atoms with Crippen LogP contribution < -0.4 is 9.16 Å². The highest BCUT2D eigenvalue weighted by atomic mass is 28.3.